The van der Waals surface area contributed by atoms with Gasteiger partial charge in [-0.15, -0.1) is 0 Å². The number of ether oxygens (including phenoxy) is 2. The third kappa shape index (κ3) is 6.77. The van der Waals surface area contributed by atoms with Crippen LogP contribution in [-0.4, -0.2) is 29.3 Å². The average Bonchev–Trinajstić information content (AvgIpc) is 2.65. The van der Waals surface area contributed by atoms with Gasteiger partial charge in [0.1, 0.15) is 18.0 Å². The molecule has 2 rings (SSSR count). The van der Waals surface area contributed by atoms with E-state index in [1.165, 1.54) is 36.8 Å². The summed E-state index contributed by atoms with van der Waals surface area (Å²) in [5.41, 5.74) is 2.25. The van der Waals surface area contributed by atoms with Crippen LogP contribution >= 0.6 is 0 Å². The second-order valence-electron chi connectivity index (χ2n) is 8.51. The fraction of sp³-hybridized carbons (Fsp3) is 0.500. The van der Waals surface area contributed by atoms with Crippen LogP contribution in [0.5, 0.6) is 5.75 Å². The van der Waals surface area contributed by atoms with Gasteiger partial charge in [0.15, 0.2) is 0 Å². The van der Waals surface area contributed by atoms with Crippen molar-refractivity contribution in [2.24, 2.45) is 5.41 Å². The van der Waals surface area contributed by atoms with E-state index in [0.29, 0.717) is 12.0 Å². The van der Waals surface area contributed by atoms with Crippen molar-refractivity contribution in [1.82, 2.24) is 0 Å². The number of esters is 2. The molecule has 5 heteroatoms. The normalized spacial score (nSPS) is 22.5. The van der Waals surface area contributed by atoms with Crippen molar-refractivity contribution in [1.29, 1.82) is 0 Å². The zero-order valence-corrected chi connectivity index (χ0v) is 18.0. The number of hydrogen-bond acceptors (Lipinski definition) is 5. The molecule has 1 aliphatic carbocycles. The second-order valence-corrected chi connectivity index (χ2v) is 8.51. The molecule has 0 unspecified atom stereocenters. The van der Waals surface area contributed by atoms with Gasteiger partial charge in [-0.05, 0) is 69.0 Å². The van der Waals surface area contributed by atoms with Crippen molar-refractivity contribution >= 4 is 11.9 Å². The van der Waals surface area contributed by atoms with E-state index >= 15 is 0 Å². The molecule has 0 fully saturated rings. The highest BCUT2D eigenvalue weighted by Crippen LogP contribution is 2.34. The van der Waals surface area contributed by atoms with Gasteiger partial charge in [0.05, 0.1) is 5.56 Å². The van der Waals surface area contributed by atoms with Gasteiger partial charge < -0.3 is 14.6 Å². The zero-order valence-electron chi connectivity index (χ0n) is 18.0. The molecule has 0 spiro atoms. The van der Waals surface area contributed by atoms with E-state index in [1.807, 2.05) is 13.0 Å². The lowest BCUT2D eigenvalue weighted by Gasteiger charge is -2.32. The Labute approximate surface area is 173 Å². The van der Waals surface area contributed by atoms with E-state index < -0.39 is 18.2 Å². The molecule has 0 aromatic heterocycles. The first-order chi connectivity index (χ1) is 13.6. The minimum Gasteiger partial charge on any atom is -0.508 e. The molecular weight excluding hydrogens is 368 g/mol. The minimum absolute atomic E-state index is 0.0950. The molecule has 29 heavy (non-hydrogen) atoms. The Hall–Kier alpha value is -2.56. The van der Waals surface area contributed by atoms with Gasteiger partial charge in [0.2, 0.25) is 0 Å². The molecule has 0 bridgehead atoms. The Morgan fingerprint density at radius 3 is 2.38 bits per heavy atom. The lowest BCUT2D eigenvalue weighted by atomic mass is 9.80. The average molecular weight is 401 g/mol. The number of aromatic hydroxyl groups is 1. The van der Waals surface area contributed by atoms with Crippen LogP contribution in [0.4, 0.5) is 0 Å². The van der Waals surface area contributed by atoms with Crippen LogP contribution in [0, 0.1) is 5.41 Å². The number of allylic oxidation sites excluding steroid dienone is 1. The van der Waals surface area contributed by atoms with Gasteiger partial charge >= 0.3 is 11.9 Å². The molecule has 0 heterocycles. The SMILES string of the molecule is CC(=O)O[C@@H]1C=C(C)[C@@H](OC(=O)c2ccc(O)cc2)CC=C(C)CCCC1(C)C. The van der Waals surface area contributed by atoms with Crippen LogP contribution in [0.1, 0.15) is 70.7 Å². The van der Waals surface area contributed by atoms with Gasteiger partial charge in [-0.25, -0.2) is 4.79 Å². The number of hydrogen-bond donors (Lipinski definition) is 1. The molecule has 5 nitrogen and oxygen atoms in total. The number of rotatable bonds is 3. The van der Waals surface area contributed by atoms with Gasteiger partial charge in [-0.1, -0.05) is 25.5 Å². The highest BCUT2D eigenvalue weighted by molar-refractivity contribution is 5.89. The van der Waals surface area contributed by atoms with E-state index in [9.17, 15) is 14.7 Å². The fourth-order valence-corrected chi connectivity index (χ4v) is 3.44. The monoisotopic (exact) mass is 400 g/mol. The summed E-state index contributed by atoms with van der Waals surface area (Å²) in [7, 11) is 0. The van der Waals surface area contributed by atoms with Gasteiger partial charge in [0, 0.05) is 18.8 Å². The number of phenols is 1. The number of carbonyl (C=O) groups is 2. The van der Waals surface area contributed by atoms with E-state index in [0.717, 1.165) is 24.8 Å². The van der Waals surface area contributed by atoms with Crippen molar-refractivity contribution in [2.75, 3.05) is 0 Å². The first-order valence-corrected chi connectivity index (χ1v) is 10.1. The van der Waals surface area contributed by atoms with Crippen molar-refractivity contribution in [3.63, 3.8) is 0 Å². The van der Waals surface area contributed by atoms with Gasteiger partial charge in [-0.2, -0.15) is 0 Å². The lowest BCUT2D eigenvalue weighted by Crippen LogP contribution is -2.33. The third-order valence-electron chi connectivity index (χ3n) is 5.41. The summed E-state index contributed by atoms with van der Waals surface area (Å²) in [5, 5.41) is 9.42. The summed E-state index contributed by atoms with van der Waals surface area (Å²) in [5.74, 6) is -0.682. The van der Waals surface area contributed by atoms with Crippen LogP contribution in [0.2, 0.25) is 0 Å². The van der Waals surface area contributed by atoms with E-state index in [1.54, 1.807) is 0 Å². The van der Waals surface area contributed by atoms with Crippen LogP contribution in [-0.2, 0) is 14.3 Å². The molecule has 1 N–H and O–H groups in total. The largest absolute Gasteiger partial charge is 0.508 e. The quantitative estimate of drug-likeness (QED) is 0.547. The summed E-state index contributed by atoms with van der Waals surface area (Å²) in [6.07, 6.45) is 6.61. The van der Waals surface area contributed by atoms with Crippen molar-refractivity contribution in [3.8, 4) is 5.75 Å². The molecule has 0 saturated heterocycles. The van der Waals surface area contributed by atoms with Crippen LogP contribution in [0.15, 0.2) is 47.6 Å². The number of phenolic OH excluding ortho intramolecular Hbond substituents is 1. The number of benzene rings is 1. The predicted molar refractivity (Wildman–Crippen MR) is 113 cm³/mol. The Bertz CT molecular complexity index is 786. The maximum atomic E-state index is 12.6. The van der Waals surface area contributed by atoms with Crippen LogP contribution in [0.25, 0.3) is 0 Å². The van der Waals surface area contributed by atoms with E-state index in [-0.39, 0.29) is 17.1 Å². The minimum atomic E-state index is -0.460. The number of carbonyl (C=O) groups excluding carboxylic acids is 2. The summed E-state index contributed by atoms with van der Waals surface area (Å²) < 4.78 is 11.4. The van der Waals surface area contributed by atoms with Gasteiger partial charge in [-0.3, -0.25) is 4.79 Å². The summed E-state index contributed by atoms with van der Waals surface area (Å²) >= 11 is 0. The highest BCUT2D eigenvalue weighted by atomic mass is 16.5. The second kappa shape index (κ2) is 9.77. The summed E-state index contributed by atoms with van der Waals surface area (Å²) in [4.78, 5) is 24.3. The van der Waals surface area contributed by atoms with Crippen molar-refractivity contribution < 1.29 is 24.2 Å². The fourth-order valence-electron chi connectivity index (χ4n) is 3.44. The van der Waals surface area contributed by atoms with E-state index in [4.69, 9.17) is 9.47 Å². The molecular formula is C24H32O5. The summed E-state index contributed by atoms with van der Waals surface area (Å²) in [6.45, 7) is 9.60. The van der Waals surface area contributed by atoms with Crippen molar-refractivity contribution in [2.45, 2.75) is 72.5 Å². The Morgan fingerprint density at radius 2 is 1.76 bits per heavy atom. The van der Waals surface area contributed by atoms with Crippen LogP contribution in [0.3, 0.4) is 0 Å². The Kier molecular flexibility index (Phi) is 7.66. The molecule has 1 aromatic rings. The maximum Gasteiger partial charge on any atom is 0.338 e. The van der Waals surface area contributed by atoms with Crippen LogP contribution < -0.4 is 0 Å². The third-order valence-corrected chi connectivity index (χ3v) is 5.41. The maximum absolute atomic E-state index is 12.6. The first-order valence-electron chi connectivity index (χ1n) is 10.1. The van der Waals surface area contributed by atoms with Gasteiger partial charge in [0.25, 0.3) is 0 Å². The van der Waals surface area contributed by atoms with Crippen molar-refractivity contribution in [3.05, 3.63) is 53.1 Å². The molecule has 158 valence electrons. The molecule has 0 aliphatic heterocycles. The zero-order chi connectivity index (χ0) is 21.6. The highest BCUT2D eigenvalue weighted by Gasteiger charge is 2.32. The Balaban J connectivity index is 2.33. The lowest BCUT2D eigenvalue weighted by molar-refractivity contribution is -0.149. The predicted octanol–water partition coefficient (Wildman–Crippen LogP) is 5.34. The topological polar surface area (TPSA) is 72.8 Å². The standard InChI is InChI=1S/C24H32O5/c1-16-7-6-14-24(4,5)22(28-18(3)25)15-17(2)21(13-8-16)29-23(27)19-9-11-20(26)12-10-19/h8-12,15,21-22,26H,6-7,13-14H2,1-5H3/t21-,22+/m0/s1. The Morgan fingerprint density at radius 1 is 1.10 bits per heavy atom. The molecule has 0 amide bonds. The summed E-state index contributed by atoms with van der Waals surface area (Å²) in [6, 6.07) is 5.99. The molecule has 1 aromatic carbocycles. The van der Waals surface area contributed by atoms with E-state index in [2.05, 4.69) is 26.8 Å². The molecule has 0 saturated carbocycles. The molecule has 2 atom stereocenters. The smallest absolute Gasteiger partial charge is 0.338 e. The first kappa shape index (κ1) is 22.7. The molecule has 1 aliphatic rings. The molecule has 0 radical (unpaired) electrons.